The fourth-order valence-corrected chi connectivity index (χ4v) is 1.19. The maximum Gasteiger partial charge on any atom is 0.417 e. The van der Waals surface area contributed by atoms with E-state index in [1.54, 1.807) is 0 Å². The number of halogens is 3. The minimum atomic E-state index is -4.55. The van der Waals surface area contributed by atoms with Crippen molar-refractivity contribution < 1.29 is 23.1 Å². The molecule has 17 heavy (non-hydrogen) atoms. The van der Waals surface area contributed by atoms with Crippen molar-refractivity contribution in [3.8, 4) is 11.8 Å². The monoisotopic (exact) mass is 242 g/mol. The lowest BCUT2D eigenvalue weighted by Gasteiger charge is -2.09. The molecular weight excluding hydrogens is 233 g/mol. The molecule has 1 rings (SSSR count). The molecule has 0 aromatic heterocycles. The molecule has 1 aromatic rings. The zero-order valence-electron chi connectivity index (χ0n) is 8.71. The van der Waals surface area contributed by atoms with Gasteiger partial charge in [0.2, 0.25) is 0 Å². The molecule has 0 aliphatic heterocycles. The van der Waals surface area contributed by atoms with Crippen LogP contribution in [-0.2, 0) is 6.18 Å². The number of alkyl halides is 3. The van der Waals surface area contributed by atoms with Gasteiger partial charge in [-0.3, -0.25) is 4.79 Å². The molecule has 1 N–H and O–H groups in total. The third-order valence-electron chi connectivity index (χ3n) is 1.94. The number of carbonyl (C=O) groups is 1. The maximum atomic E-state index is 12.6. The van der Waals surface area contributed by atoms with Crippen molar-refractivity contribution in [2.45, 2.75) is 12.6 Å². The zero-order valence-corrected chi connectivity index (χ0v) is 8.71. The third kappa shape index (κ3) is 3.61. The molecule has 0 heterocycles. The molecule has 0 spiro atoms. The molecule has 0 saturated carbocycles. The molecule has 0 radical (unpaired) electrons. The Balaban J connectivity index is 3.22. The van der Waals surface area contributed by atoms with E-state index in [4.69, 9.17) is 5.11 Å². The lowest BCUT2D eigenvalue weighted by Crippen LogP contribution is -2.08. The summed E-state index contributed by atoms with van der Waals surface area (Å²) in [7, 11) is 0. The summed E-state index contributed by atoms with van der Waals surface area (Å²) in [5.74, 6) is 4.74. The van der Waals surface area contributed by atoms with E-state index >= 15 is 0 Å². The van der Waals surface area contributed by atoms with Crippen LogP contribution in [0.1, 0.15) is 27.9 Å². The molecule has 1 aromatic carbocycles. The van der Waals surface area contributed by atoms with Gasteiger partial charge in [0.15, 0.2) is 0 Å². The van der Waals surface area contributed by atoms with Crippen molar-refractivity contribution in [2.24, 2.45) is 0 Å². The molecule has 2 nitrogen and oxygen atoms in total. The van der Waals surface area contributed by atoms with E-state index < -0.39 is 11.7 Å². The van der Waals surface area contributed by atoms with Crippen LogP contribution < -0.4 is 0 Å². The van der Waals surface area contributed by atoms with Gasteiger partial charge in [0.05, 0.1) is 12.2 Å². The van der Waals surface area contributed by atoms with Gasteiger partial charge in [-0.25, -0.2) is 0 Å². The summed E-state index contributed by atoms with van der Waals surface area (Å²) in [4.78, 5) is 10.4. The van der Waals surface area contributed by atoms with Gasteiger partial charge < -0.3 is 5.11 Å². The summed E-state index contributed by atoms with van der Waals surface area (Å²) < 4.78 is 37.9. The fraction of sp³-hybridized carbons (Fsp3) is 0.250. The summed E-state index contributed by atoms with van der Waals surface area (Å²) >= 11 is 0. The Kier molecular flexibility index (Phi) is 4.30. The molecule has 0 aliphatic carbocycles. The highest BCUT2D eigenvalue weighted by Crippen LogP contribution is 2.32. The molecule has 0 atom stereocenters. The van der Waals surface area contributed by atoms with Gasteiger partial charge in [-0.15, -0.1) is 0 Å². The van der Waals surface area contributed by atoms with Crippen LogP contribution in [-0.4, -0.2) is 18.0 Å². The number of rotatable bonds is 2. The highest BCUT2D eigenvalue weighted by Gasteiger charge is 2.33. The second-order valence-electron chi connectivity index (χ2n) is 3.20. The Morgan fingerprint density at radius 2 is 2.06 bits per heavy atom. The number of hydrogen-bond acceptors (Lipinski definition) is 2. The smallest absolute Gasteiger partial charge is 0.395 e. The first-order chi connectivity index (χ1) is 7.99. The van der Waals surface area contributed by atoms with Crippen LogP contribution in [0.5, 0.6) is 0 Å². The largest absolute Gasteiger partial charge is 0.417 e. The molecule has 0 amide bonds. The Labute approximate surface area is 96.1 Å². The van der Waals surface area contributed by atoms with Crippen molar-refractivity contribution >= 4 is 6.29 Å². The van der Waals surface area contributed by atoms with Crippen LogP contribution in [0.15, 0.2) is 18.2 Å². The minimum absolute atomic E-state index is 0.0509. The van der Waals surface area contributed by atoms with E-state index in [9.17, 15) is 18.0 Å². The fourth-order valence-electron chi connectivity index (χ4n) is 1.19. The molecule has 0 bridgehead atoms. The quantitative estimate of drug-likeness (QED) is 0.638. The first-order valence-electron chi connectivity index (χ1n) is 4.75. The Morgan fingerprint density at radius 1 is 1.35 bits per heavy atom. The Morgan fingerprint density at radius 3 is 2.59 bits per heavy atom. The molecular formula is C12H9F3O2. The zero-order chi connectivity index (χ0) is 12.9. The lowest BCUT2D eigenvalue weighted by atomic mass is 10.0. The topological polar surface area (TPSA) is 37.3 Å². The van der Waals surface area contributed by atoms with E-state index in [0.29, 0.717) is 6.29 Å². The molecule has 0 saturated heterocycles. The highest BCUT2D eigenvalue weighted by molar-refractivity contribution is 5.75. The summed E-state index contributed by atoms with van der Waals surface area (Å²) in [5.41, 5.74) is -1.19. The van der Waals surface area contributed by atoms with Gasteiger partial charge in [0, 0.05) is 17.5 Å². The molecule has 5 heteroatoms. The van der Waals surface area contributed by atoms with Crippen molar-refractivity contribution in [1.82, 2.24) is 0 Å². The van der Waals surface area contributed by atoms with Crippen LogP contribution in [0.3, 0.4) is 0 Å². The van der Waals surface area contributed by atoms with Gasteiger partial charge >= 0.3 is 6.18 Å². The van der Waals surface area contributed by atoms with Gasteiger partial charge in [0.25, 0.3) is 0 Å². The van der Waals surface area contributed by atoms with Crippen LogP contribution in [0.4, 0.5) is 13.2 Å². The molecule has 90 valence electrons. The van der Waals surface area contributed by atoms with E-state index in [-0.39, 0.29) is 24.2 Å². The maximum absolute atomic E-state index is 12.6. The van der Waals surface area contributed by atoms with E-state index in [2.05, 4.69) is 11.8 Å². The molecule has 0 fully saturated rings. The Hall–Kier alpha value is -1.80. The average Bonchev–Trinajstić information content (AvgIpc) is 2.28. The van der Waals surface area contributed by atoms with E-state index in [1.807, 2.05) is 0 Å². The highest BCUT2D eigenvalue weighted by atomic mass is 19.4. The summed E-state index contributed by atoms with van der Waals surface area (Å²) in [5, 5.41) is 8.48. The van der Waals surface area contributed by atoms with Crippen molar-refractivity contribution in [1.29, 1.82) is 0 Å². The summed E-state index contributed by atoms with van der Waals surface area (Å²) in [6, 6.07) is 3.18. The van der Waals surface area contributed by atoms with E-state index in [1.165, 1.54) is 6.07 Å². The van der Waals surface area contributed by atoms with Crippen LogP contribution in [0, 0.1) is 11.8 Å². The van der Waals surface area contributed by atoms with Crippen LogP contribution in [0.2, 0.25) is 0 Å². The lowest BCUT2D eigenvalue weighted by molar-refractivity contribution is -0.137. The van der Waals surface area contributed by atoms with E-state index in [0.717, 1.165) is 12.1 Å². The first kappa shape index (κ1) is 13.3. The number of benzene rings is 1. The van der Waals surface area contributed by atoms with Gasteiger partial charge in [0.1, 0.15) is 6.29 Å². The summed E-state index contributed by atoms with van der Waals surface area (Å²) in [6.45, 7) is -0.208. The average molecular weight is 242 g/mol. The van der Waals surface area contributed by atoms with Crippen molar-refractivity contribution in [2.75, 3.05) is 6.61 Å². The number of carbonyl (C=O) groups excluding carboxylic acids is 1. The number of aliphatic hydroxyl groups is 1. The minimum Gasteiger partial charge on any atom is -0.395 e. The first-order valence-corrected chi connectivity index (χ1v) is 4.75. The normalized spacial score (nSPS) is 10.6. The predicted octanol–water partition coefficient (Wildman–Crippen LogP) is 2.25. The van der Waals surface area contributed by atoms with Crippen LogP contribution >= 0.6 is 0 Å². The second-order valence-corrected chi connectivity index (χ2v) is 3.20. The SMILES string of the molecule is O=Cc1ccc(C#CCCO)c(C(F)(F)F)c1. The number of hydrogen-bond donors (Lipinski definition) is 1. The van der Waals surface area contributed by atoms with Gasteiger partial charge in [-0.2, -0.15) is 13.2 Å². The van der Waals surface area contributed by atoms with Crippen molar-refractivity contribution in [3.63, 3.8) is 0 Å². The predicted molar refractivity (Wildman–Crippen MR) is 55.4 cm³/mol. The number of aliphatic hydroxyl groups excluding tert-OH is 1. The Bertz CT molecular complexity index is 467. The second kappa shape index (κ2) is 5.51. The number of aldehydes is 1. The van der Waals surface area contributed by atoms with Crippen LogP contribution in [0.25, 0.3) is 0 Å². The van der Waals surface area contributed by atoms with Gasteiger partial charge in [-0.1, -0.05) is 17.9 Å². The third-order valence-corrected chi connectivity index (χ3v) is 1.94. The summed E-state index contributed by atoms with van der Waals surface area (Å²) in [6.07, 6.45) is -4.10. The molecule has 0 unspecified atom stereocenters. The van der Waals surface area contributed by atoms with Gasteiger partial charge in [-0.05, 0) is 12.1 Å². The standard InChI is InChI=1S/C12H9F3O2/c13-12(14,15)11-7-9(8-17)4-5-10(11)3-1-2-6-16/h4-5,7-8,16H,2,6H2. The molecule has 0 aliphatic rings. The van der Waals surface area contributed by atoms with Crippen molar-refractivity contribution in [3.05, 3.63) is 34.9 Å².